The van der Waals surface area contributed by atoms with Gasteiger partial charge in [-0.15, -0.1) is 10.2 Å². The Bertz CT molecular complexity index is 922. The van der Waals surface area contributed by atoms with Gasteiger partial charge < -0.3 is 5.73 Å². The molecule has 7 nitrogen and oxygen atoms in total. The molecular formula is C18H21N7. The molecular weight excluding hydrogens is 314 g/mol. The van der Waals surface area contributed by atoms with Gasteiger partial charge in [0, 0.05) is 23.3 Å². The normalized spacial score (nSPS) is 10.5. The van der Waals surface area contributed by atoms with Crippen LogP contribution in [-0.4, -0.2) is 30.2 Å². The monoisotopic (exact) mass is 335 g/mol. The van der Waals surface area contributed by atoms with E-state index in [0.29, 0.717) is 5.82 Å². The van der Waals surface area contributed by atoms with Gasteiger partial charge in [0.25, 0.3) is 0 Å². The third kappa shape index (κ3) is 3.50. The number of hydrogen-bond acceptors (Lipinski definition) is 5. The number of nitrogens with one attached hydrogen (secondary N) is 1. The summed E-state index contributed by atoms with van der Waals surface area (Å²) in [6.07, 6.45) is 8.05. The van der Waals surface area contributed by atoms with Gasteiger partial charge in [-0.05, 0) is 30.3 Å². The lowest BCUT2D eigenvalue weighted by atomic mass is 10.1. The van der Waals surface area contributed by atoms with Crippen molar-refractivity contribution < 1.29 is 0 Å². The number of fused-ring (bicyclic) bond motifs is 1. The molecule has 4 aromatic rings. The third-order valence-electron chi connectivity index (χ3n) is 3.80. The fourth-order valence-corrected chi connectivity index (χ4v) is 2.33. The number of nitrogens with zero attached hydrogens (tertiary/aromatic N) is 5. The molecule has 3 aromatic heterocycles. The van der Waals surface area contributed by atoms with Crippen LogP contribution in [0.25, 0.3) is 27.8 Å². The van der Waals surface area contributed by atoms with Gasteiger partial charge >= 0.3 is 0 Å². The maximum atomic E-state index is 5.58. The van der Waals surface area contributed by atoms with Crippen molar-refractivity contribution in [1.29, 1.82) is 0 Å². The Morgan fingerprint density at radius 2 is 1.92 bits per heavy atom. The molecule has 1 aromatic carbocycles. The molecule has 0 saturated carbocycles. The quantitative estimate of drug-likeness (QED) is 0.596. The maximum Gasteiger partial charge on any atom is 0.146 e. The number of nitrogen functional groups attached to an aromatic ring is 1. The van der Waals surface area contributed by atoms with Gasteiger partial charge in [-0.1, -0.05) is 26.7 Å². The van der Waals surface area contributed by atoms with Crippen molar-refractivity contribution in [2.24, 2.45) is 0 Å². The predicted octanol–water partition coefficient (Wildman–Crippen LogP) is 3.59. The zero-order chi connectivity index (χ0) is 17.6. The van der Waals surface area contributed by atoms with Crippen molar-refractivity contribution in [1.82, 2.24) is 30.2 Å². The Balaban J connectivity index is 0.000000415. The van der Waals surface area contributed by atoms with E-state index in [1.54, 1.807) is 23.1 Å². The second-order valence-corrected chi connectivity index (χ2v) is 5.58. The van der Waals surface area contributed by atoms with Crippen molar-refractivity contribution in [2.45, 2.75) is 26.7 Å². The molecule has 3 heterocycles. The number of rotatable bonds is 3. The van der Waals surface area contributed by atoms with Crippen LogP contribution in [0.4, 0.5) is 5.82 Å². The highest BCUT2D eigenvalue weighted by molar-refractivity contribution is 5.97. The van der Waals surface area contributed by atoms with Crippen LogP contribution in [-0.2, 0) is 0 Å². The summed E-state index contributed by atoms with van der Waals surface area (Å²) in [5, 5.41) is 20.4. The molecule has 0 atom stereocenters. The fourth-order valence-electron chi connectivity index (χ4n) is 2.33. The number of benzene rings is 1. The van der Waals surface area contributed by atoms with Crippen LogP contribution in [0.5, 0.6) is 0 Å². The Morgan fingerprint density at radius 3 is 2.56 bits per heavy atom. The molecule has 0 bridgehead atoms. The Morgan fingerprint density at radius 1 is 1.08 bits per heavy atom. The van der Waals surface area contributed by atoms with E-state index in [9.17, 15) is 0 Å². The lowest BCUT2D eigenvalue weighted by molar-refractivity contribution is 0.886. The van der Waals surface area contributed by atoms with Crippen LogP contribution < -0.4 is 5.73 Å². The predicted molar refractivity (Wildman–Crippen MR) is 99.2 cm³/mol. The number of aromatic amines is 1. The highest BCUT2D eigenvalue weighted by Gasteiger charge is 2.12. The van der Waals surface area contributed by atoms with Gasteiger partial charge in [0.1, 0.15) is 5.82 Å². The smallest absolute Gasteiger partial charge is 0.146 e. The number of hydrogen-bond donors (Lipinski definition) is 2. The number of unbranched alkanes of at least 4 members (excludes halogenated alkanes) is 1. The van der Waals surface area contributed by atoms with Crippen molar-refractivity contribution in [3.05, 3.63) is 48.9 Å². The molecule has 0 fully saturated rings. The summed E-state index contributed by atoms with van der Waals surface area (Å²) >= 11 is 0. The summed E-state index contributed by atoms with van der Waals surface area (Å²) in [5.41, 5.74) is 9.09. The second kappa shape index (κ2) is 7.57. The molecule has 4 rings (SSSR count). The average molecular weight is 335 g/mol. The maximum absolute atomic E-state index is 5.58. The minimum absolute atomic E-state index is 0.396. The van der Waals surface area contributed by atoms with Crippen LogP contribution in [0, 0.1) is 0 Å². The molecule has 0 unspecified atom stereocenters. The molecule has 0 radical (unpaired) electrons. The number of nitrogens with two attached hydrogens (primary N) is 1. The summed E-state index contributed by atoms with van der Waals surface area (Å²) in [4.78, 5) is 0. The molecule has 0 saturated heterocycles. The van der Waals surface area contributed by atoms with Crippen LogP contribution in [0.3, 0.4) is 0 Å². The highest BCUT2D eigenvalue weighted by Crippen LogP contribution is 2.29. The van der Waals surface area contributed by atoms with Crippen LogP contribution in [0.15, 0.2) is 48.9 Å². The van der Waals surface area contributed by atoms with Crippen molar-refractivity contribution in [3.8, 4) is 16.9 Å². The minimum Gasteiger partial charge on any atom is -0.382 e. The Labute approximate surface area is 145 Å². The van der Waals surface area contributed by atoms with Crippen molar-refractivity contribution in [2.75, 3.05) is 5.73 Å². The summed E-state index contributed by atoms with van der Waals surface area (Å²) in [5.74, 6) is 0.396. The van der Waals surface area contributed by atoms with Crippen molar-refractivity contribution >= 4 is 16.7 Å². The Kier molecular flexibility index (Phi) is 5.03. The van der Waals surface area contributed by atoms with Gasteiger partial charge in [-0.25, -0.2) is 4.68 Å². The van der Waals surface area contributed by atoms with Gasteiger partial charge in [0.2, 0.25) is 0 Å². The largest absolute Gasteiger partial charge is 0.382 e. The molecule has 0 amide bonds. The van der Waals surface area contributed by atoms with Gasteiger partial charge in [-0.2, -0.15) is 10.2 Å². The molecule has 3 N–H and O–H groups in total. The second-order valence-electron chi connectivity index (χ2n) is 5.58. The van der Waals surface area contributed by atoms with Gasteiger partial charge in [0.05, 0.1) is 23.1 Å². The SMILES string of the molecule is CCCC.Nc1ccc(-c2ccc(-n3cccn3)c3cn[nH]c23)nn1. The lowest BCUT2D eigenvalue weighted by Gasteiger charge is -2.07. The first-order valence-electron chi connectivity index (χ1n) is 8.30. The van der Waals surface area contributed by atoms with E-state index in [4.69, 9.17) is 5.73 Å². The first kappa shape index (κ1) is 16.6. The summed E-state index contributed by atoms with van der Waals surface area (Å²) in [6, 6.07) is 9.40. The van der Waals surface area contributed by atoms with E-state index in [0.717, 1.165) is 27.8 Å². The standard InChI is InChI=1S/C14H11N7.C4H10/c15-13-5-3-11(18-19-13)9-2-4-12(21-7-1-6-17-21)10-8-16-20-14(9)10;1-3-4-2/h1-8H,(H2,15,19)(H,16,20);3-4H2,1-2H3. The number of anilines is 1. The Hall–Kier alpha value is -3.22. The zero-order valence-electron chi connectivity index (χ0n) is 14.3. The van der Waals surface area contributed by atoms with Crippen LogP contribution in [0.1, 0.15) is 26.7 Å². The van der Waals surface area contributed by atoms with Crippen LogP contribution >= 0.6 is 0 Å². The third-order valence-corrected chi connectivity index (χ3v) is 3.80. The molecule has 0 aliphatic heterocycles. The summed E-state index contributed by atoms with van der Waals surface area (Å²) in [6.45, 7) is 4.36. The first-order valence-corrected chi connectivity index (χ1v) is 8.30. The lowest BCUT2D eigenvalue weighted by Crippen LogP contribution is -1.97. The van der Waals surface area contributed by atoms with Crippen molar-refractivity contribution in [3.63, 3.8) is 0 Å². The average Bonchev–Trinajstić information content (AvgIpc) is 3.34. The van der Waals surface area contributed by atoms with Crippen LogP contribution in [0.2, 0.25) is 0 Å². The minimum atomic E-state index is 0.396. The molecule has 25 heavy (non-hydrogen) atoms. The topological polar surface area (TPSA) is 98.3 Å². The number of H-pyrrole nitrogens is 1. The zero-order valence-corrected chi connectivity index (χ0v) is 14.3. The van der Waals surface area contributed by atoms with E-state index >= 15 is 0 Å². The molecule has 0 aliphatic carbocycles. The van der Waals surface area contributed by atoms with Gasteiger partial charge in [-0.3, -0.25) is 5.10 Å². The van der Waals surface area contributed by atoms with E-state index < -0.39 is 0 Å². The number of aromatic nitrogens is 6. The highest BCUT2D eigenvalue weighted by atomic mass is 15.3. The first-order chi connectivity index (χ1) is 12.2. The van der Waals surface area contributed by atoms with E-state index in [1.165, 1.54) is 12.8 Å². The molecule has 7 heteroatoms. The molecule has 0 spiro atoms. The van der Waals surface area contributed by atoms with E-state index in [1.807, 2.05) is 30.5 Å². The van der Waals surface area contributed by atoms with E-state index in [2.05, 4.69) is 39.3 Å². The fraction of sp³-hybridized carbons (Fsp3) is 0.222. The summed E-state index contributed by atoms with van der Waals surface area (Å²) < 4.78 is 1.80. The van der Waals surface area contributed by atoms with E-state index in [-0.39, 0.29) is 0 Å². The molecule has 0 aliphatic rings. The molecule has 128 valence electrons. The van der Waals surface area contributed by atoms with Gasteiger partial charge in [0.15, 0.2) is 0 Å². The summed E-state index contributed by atoms with van der Waals surface area (Å²) in [7, 11) is 0.